The summed E-state index contributed by atoms with van der Waals surface area (Å²) in [5, 5.41) is 2.88. The summed E-state index contributed by atoms with van der Waals surface area (Å²) in [6.07, 6.45) is 4.13. The Labute approximate surface area is 120 Å². The van der Waals surface area contributed by atoms with Crippen molar-refractivity contribution in [2.75, 3.05) is 19.6 Å². The first-order valence-electron chi connectivity index (χ1n) is 7.90. The van der Waals surface area contributed by atoms with Gasteiger partial charge in [0, 0.05) is 38.1 Å². The first-order valence-corrected chi connectivity index (χ1v) is 7.90. The number of nitrogens with zero attached hydrogens (tertiary/aromatic N) is 2. The van der Waals surface area contributed by atoms with E-state index in [1.165, 1.54) is 12.8 Å². The number of hydrogen-bond acceptors (Lipinski definition) is 3. The van der Waals surface area contributed by atoms with Crippen LogP contribution in [0.1, 0.15) is 39.5 Å². The third-order valence-corrected chi connectivity index (χ3v) is 4.81. The molecular weight excluding hydrogens is 254 g/mol. The Bertz CT molecular complexity index is 406. The number of carbonyl (C=O) groups excluding carboxylic acids is 2. The van der Waals surface area contributed by atoms with Gasteiger partial charge in [0.15, 0.2) is 0 Å². The number of carbonyl (C=O) groups is 2. The van der Waals surface area contributed by atoms with Crippen LogP contribution in [0.25, 0.3) is 0 Å². The summed E-state index contributed by atoms with van der Waals surface area (Å²) in [6, 6.07) is 0.722. The molecule has 3 aliphatic rings. The van der Waals surface area contributed by atoms with Gasteiger partial charge in [-0.05, 0) is 25.2 Å². The predicted octanol–water partition coefficient (Wildman–Crippen LogP) is 0.596. The second kappa shape index (κ2) is 5.35. The average molecular weight is 279 g/mol. The van der Waals surface area contributed by atoms with E-state index in [4.69, 9.17) is 0 Å². The lowest BCUT2D eigenvalue weighted by Crippen LogP contribution is -2.51. The van der Waals surface area contributed by atoms with E-state index in [1.807, 2.05) is 18.7 Å². The van der Waals surface area contributed by atoms with E-state index in [-0.39, 0.29) is 23.8 Å². The molecule has 1 N–H and O–H groups in total. The van der Waals surface area contributed by atoms with Gasteiger partial charge >= 0.3 is 0 Å². The van der Waals surface area contributed by atoms with Gasteiger partial charge < -0.3 is 10.2 Å². The van der Waals surface area contributed by atoms with Crippen molar-refractivity contribution in [1.29, 1.82) is 0 Å². The molecule has 0 aromatic carbocycles. The van der Waals surface area contributed by atoms with Crippen molar-refractivity contribution in [2.45, 2.75) is 57.7 Å². The maximum atomic E-state index is 12.7. The standard InChI is InChI=1S/C15H25N3O2/c1-10(2)14-15(20)18(8-6-13(19)16-14)12-5-7-17(9-12)11-3-4-11/h10-12,14H,3-9H2,1-2H3,(H,16,19). The minimum Gasteiger partial charge on any atom is -0.344 e. The highest BCUT2D eigenvalue weighted by atomic mass is 16.2. The third kappa shape index (κ3) is 2.68. The highest BCUT2D eigenvalue weighted by Gasteiger charge is 2.40. The molecule has 1 saturated carbocycles. The van der Waals surface area contributed by atoms with Crippen LogP contribution in [0.2, 0.25) is 0 Å². The molecule has 5 heteroatoms. The number of hydrogen-bond donors (Lipinski definition) is 1. The van der Waals surface area contributed by atoms with Gasteiger partial charge in [0.25, 0.3) is 0 Å². The maximum Gasteiger partial charge on any atom is 0.245 e. The van der Waals surface area contributed by atoms with E-state index >= 15 is 0 Å². The van der Waals surface area contributed by atoms with Crippen molar-refractivity contribution in [3.05, 3.63) is 0 Å². The van der Waals surface area contributed by atoms with Crippen LogP contribution in [0.4, 0.5) is 0 Å². The molecule has 2 saturated heterocycles. The number of rotatable bonds is 3. The molecule has 3 fully saturated rings. The smallest absolute Gasteiger partial charge is 0.245 e. The summed E-state index contributed by atoms with van der Waals surface area (Å²) in [6.45, 7) is 6.67. The third-order valence-electron chi connectivity index (χ3n) is 4.81. The van der Waals surface area contributed by atoms with Crippen molar-refractivity contribution in [2.24, 2.45) is 5.92 Å². The normalized spacial score (nSPS) is 32.6. The van der Waals surface area contributed by atoms with Crippen LogP contribution in [0.15, 0.2) is 0 Å². The highest BCUT2D eigenvalue weighted by Crippen LogP contribution is 2.31. The first kappa shape index (κ1) is 13.9. The zero-order valence-electron chi connectivity index (χ0n) is 12.5. The lowest BCUT2D eigenvalue weighted by Gasteiger charge is -2.31. The Balaban J connectivity index is 1.70. The fraction of sp³-hybridized carbons (Fsp3) is 0.867. The molecule has 5 nitrogen and oxygen atoms in total. The molecule has 3 rings (SSSR count). The quantitative estimate of drug-likeness (QED) is 0.823. The van der Waals surface area contributed by atoms with Crippen LogP contribution in [0.5, 0.6) is 0 Å². The van der Waals surface area contributed by atoms with Crippen LogP contribution in [-0.2, 0) is 9.59 Å². The molecule has 0 bridgehead atoms. The number of nitrogens with one attached hydrogen (secondary N) is 1. The van der Waals surface area contributed by atoms with Crippen molar-refractivity contribution >= 4 is 11.8 Å². The Morgan fingerprint density at radius 3 is 2.50 bits per heavy atom. The molecule has 0 spiro atoms. The van der Waals surface area contributed by atoms with E-state index in [0.29, 0.717) is 19.0 Å². The predicted molar refractivity (Wildman–Crippen MR) is 76.1 cm³/mol. The Kier molecular flexibility index (Phi) is 3.71. The van der Waals surface area contributed by atoms with Crippen LogP contribution in [0.3, 0.4) is 0 Å². The topological polar surface area (TPSA) is 52.7 Å². The highest BCUT2D eigenvalue weighted by molar-refractivity contribution is 5.90. The largest absolute Gasteiger partial charge is 0.344 e. The summed E-state index contributed by atoms with van der Waals surface area (Å²) < 4.78 is 0. The molecular formula is C15H25N3O2. The molecule has 0 radical (unpaired) electrons. The van der Waals surface area contributed by atoms with Gasteiger partial charge in [-0.2, -0.15) is 0 Å². The molecule has 2 aliphatic heterocycles. The number of amides is 2. The van der Waals surface area contributed by atoms with Gasteiger partial charge in [-0.1, -0.05) is 13.8 Å². The van der Waals surface area contributed by atoms with Gasteiger partial charge in [-0.15, -0.1) is 0 Å². The van der Waals surface area contributed by atoms with Crippen LogP contribution in [0, 0.1) is 5.92 Å². The Morgan fingerprint density at radius 1 is 1.10 bits per heavy atom. The fourth-order valence-corrected chi connectivity index (χ4v) is 3.43. The van der Waals surface area contributed by atoms with Crippen LogP contribution in [-0.4, -0.2) is 59.4 Å². The second-order valence-electron chi connectivity index (χ2n) is 6.74. The minimum absolute atomic E-state index is 0.0107. The van der Waals surface area contributed by atoms with E-state index in [0.717, 1.165) is 25.6 Å². The molecule has 112 valence electrons. The van der Waals surface area contributed by atoms with Gasteiger partial charge in [-0.25, -0.2) is 0 Å². The van der Waals surface area contributed by atoms with Gasteiger partial charge in [-0.3, -0.25) is 14.5 Å². The molecule has 20 heavy (non-hydrogen) atoms. The number of likely N-dealkylation sites (tertiary alicyclic amines) is 1. The summed E-state index contributed by atoms with van der Waals surface area (Å²) in [4.78, 5) is 29.0. The van der Waals surface area contributed by atoms with E-state index in [9.17, 15) is 9.59 Å². The van der Waals surface area contributed by atoms with Crippen LogP contribution < -0.4 is 5.32 Å². The zero-order chi connectivity index (χ0) is 14.3. The average Bonchev–Trinajstić information content (AvgIpc) is 3.16. The molecule has 1 aliphatic carbocycles. The van der Waals surface area contributed by atoms with Crippen LogP contribution >= 0.6 is 0 Å². The van der Waals surface area contributed by atoms with Crippen molar-refractivity contribution in [1.82, 2.24) is 15.1 Å². The Hall–Kier alpha value is -1.10. The van der Waals surface area contributed by atoms with Crippen molar-refractivity contribution in [3.63, 3.8) is 0 Å². The molecule has 0 aromatic rings. The van der Waals surface area contributed by atoms with Gasteiger partial charge in [0.05, 0.1) is 0 Å². The summed E-state index contributed by atoms with van der Waals surface area (Å²) in [5.41, 5.74) is 0. The molecule has 2 heterocycles. The van der Waals surface area contributed by atoms with E-state index in [2.05, 4.69) is 10.2 Å². The van der Waals surface area contributed by atoms with Crippen molar-refractivity contribution < 1.29 is 9.59 Å². The van der Waals surface area contributed by atoms with Crippen molar-refractivity contribution in [3.8, 4) is 0 Å². The molecule has 2 unspecified atom stereocenters. The van der Waals surface area contributed by atoms with Gasteiger partial charge in [0.2, 0.25) is 11.8 Å². The first-order chi connectivity index (χ1) is 9.56. The van der Waals surface area contributed by atoms with E-state index in [1.54, 1.807) is 0 Å². The fourth-order valence-electron chi connectivity index (χ4n) is 3.43. The van der Waals surface area contributed by atoms with Gasteiger partial charge in [0.1, 0.15) is 6.04 Å². The van der Waals surface area contributed by atoms with E-state index < -0.39 is 0 Å². The molecule has 2 atom stereocenters. The molecule has 2 amide bonds. The molecule has 0 aromatic heterocycles. The maximum absolute atomic E-state index is 12.7. The lowest BCUT2D eigenvalue weighted by atomic mass is 10.0. The zero-order valence-corrected chi connectivity index (χ0v) is 12.5. The summed E-state index contributed by atoms with van der Waals surface area (Å²) in [7, 11) is 0. The second-order valence-corrected chi connectivity index (χ2v) is 6.74. The Morgan fingerprint density at radius 2 is 1.85 bits per heavy atom. The minimum atomic E-state index is -0.347. The SMILES string of the molecule is CC(C)C1NC(=O)CCN(C2CCN(C3CC3)C2)C1=O. The monoisotopic (exact) mass is 279 g/mol. The summed E-state index contributed by atoms with van der Waals surface area (Å²) >= 11 is 0. The summed E-state index contributed by atoms with van der Waals surface area (Å²) in [5.74, 6) is 0.276. The lowest BCUT2D eigenvalue weighted by molar-refractivity contribution is -0.136.